The Kier molecular flexibility index (Phi) is 3.30. The normalized spacial score (nSPS) is 11.9. The van der Waals surface area contributed by atoms with E-state index in [0.29, 0.717) is 5.75 Å². The second-order valence-electron chi connectivity index (χ2n) is 1.99. The summed E-state index contributed by atoms with van der Waals surface area (Å²) in [5.41, 5.74) is 5.26. The first kappa shape index (κ1) is 9.27. The van der Waals surface area contributed by atoms with Crippen molar-refractivity contribution in [1.82, 2.24) is 9.36 Å². The zero-order chi connectivity index (χ0) is 8.97. The number of hydrogen-bond acceptors (Lipinski definition) is 6. The Bertz CT molecular complexity index is 285. The first-order valence-electron chi connectivity index (χ1n) is 3.12. The molecule has 1 aromatic heterocycles. The zero-order valence-electron chi connectivity index (χ0n) is 6.39. The molecule has 0 spiro atoms. The van der Waals surface area contributed by atoms with Crippen molar-refractivity contribution >= 4 is 29.1 Å². The number of oxime groups is 1. The van der Waals surface area contributed by atoms with Crippen molar-refractivity contribution in [2.45, 2.75) is 11.3 Å². The number of aromatic nitrogens is 2. The number of hydrogen-bond donors (Lipinski definition) is 2. The Morgan fingerprint density at radius 3 is 3.08 bits per heavy atom. The summed E-state index contributed by atoms with van der Waals surface area (Å²) >= 11 is 2.71. The number of thioether (sulfide) groups is 1. The highest BCUT2D eigenvalue weighted by molar-refractivity contribution is 8.01. The third kappa shape index (κ3) is 2.67. The molecule has 0 unspecified atom stereocenters. The molecule has 0 fully saturated rings. The van der Waals surface area contributed by atoms with Crippen LogP contribution < -0.4 is 5.73 Å². The fourth-order valence-electron chi connectivity index (χ4n) is 0.501. The van der Waals surface area contributed by atoms with Crippen molar-refractivity contribution in [3.05, 3.63) is 5.82 Å². The van der Waals surface area contributed by atoms with Crippen molar-refractivity contribution in [2.75, 3.05) is 5.75 Å². The first-order chi connectivity index (χ1) is 5.72. The van der Waals surface area contributed by atoms with Gasteiger partial charge in [0.05, 0.1) is 5.75 Å². The molecule has 12 heavy (non-hydrogen) atoms. The molecule has 1 rings (SSSR count). The minimum absolute atomic E-state index is 0.188. The molecule has 0 saturated heterocycles. The van der Waals surface area contributed by atoms with E-state index < -0.39 is 0 Å². The van der Waals surface area contributed by atoms with Crippen molar-refractivity contribution in [3.63, 3.8) is 0 Å². The molecule has 0 saturated carbocycles. The molecule has 0 aromatic carbocycles. The largest absolute Gasteiger partial charge is 0.409 e. The minimum atomic E-state index is 0.188. The Balaban J connectivity index is 2.43. The van der Waals surface area contributed by atoms with Gasteiger partial charge in [-0.1, -0.05) is 16.9 Å². The van der Waals surface area contributed by atoms with Gasteiger partial charge in [-0.3, -0.25) is 0 Å². The summed E-state index contributed by atoms with van der Waals surface area (Å²) in [6.45, 7) is 1.82. The smallest absolute Gasteiger partial charge is 0.170 e. The highest BCUT2D eigenvalue weighted by Crippen LogP contribution is 2.18. The van der Waals surface area contributed by atoms with Crippen LogP contribution in [0.25, 0.3) is 0 Å². The topological polar surface area (TPSA) is 84.4 Å². The van der Waals surface area contributed by atoms with Crippen LogP contribution in [0.15, 0.2) is 9.50 Å². The standard InChI is InChI=1S/C5H8N4OS2/c1-3-7-5(12-9-3)11-2-4(6)8-10/h10H,2H2,1H3,(H2,6,8). The molecule has 0 bridgehead atoms. The maximum Gasteiger partial charge on any atom is 0.170 e. The van der Waals surface area contributed by atoms with Gasteiger partial charge in [0.1, 0.15) is 11.7 Å². The maximum absolute atomic E-state index is 8.23. The number of amidine groups is 1. The van der Waals surface area contributed by atoms with E-state index in [1.165, 1.54) is 23.3 Å². The van der Waals surface area contributed by atoms with Crippen LogP contribution in [0.1, 0.15) is 5.82 Å². The van der Waals surface area contributed by atoms with E-state index in [-0.39, 0.29) is 5.84 Å². The molecule has 0 aliphatic heterocycles. The van der Waals surface area contributed by atoms with Gasteiger partial charge in [-0.2, -0.15) is 4.37 Å². The van der Waals surface area contributed by atoms with Crippen LogP contribution in [0.3, 0.4) is 0 Å². The Labute approximate surface area is 77.9 Å². The quantitative estimate of drug-likeness (QED) is 0.249. The zero-order valence-corrected chi connectivity index (χ0v) is 8.02. The van der Waals surface area contributed by atoms with Gasteiger partial charge in [-0.15, -0.1) is 0 Å². The predicted octanol–water partition coefficient (Wildman–Crippen LogP) is 0.685. The summed E-state index contributed by atoms with van der Waals surface area (Å²) in [6.07, 6.45) is 0. The summed E-state index contributed by atoms with van der Waals surface area (Å²) in [6, 6.07) is 0. The lowest BCUT2D eigenvalue weighted by Gasteiger charge is -1.92. The highest BCUT2D eigenvalue weighted by Gasteiger charge is 2.01. The summed E-state index contributed by atoms with van der Waals surface area (Å²) < 4.78 is 4.82. The molecule has 1 heterocycles. The number of aryl methyl sites for hydroxylation is 1. The van der Waals surface area contributed by atoms with Crippen molar-refractivity contribution in [2.24, 2.45) is 10.9 Å². The van der Waals surface area contributed by atoms with Gasteiger partial charge in [0.25, 0.3) is 0 Å². The van der Waals surface area contributed by atoms with Crippen LogP contribution in [0.5, 0.6) is 0 Å². The van der Waals surface area contributed by atoms with Crippen LogP contribution in [-0.4, -0.2) is 26.2 Å². The maximum atomic E-state index is 8.23. The average Bonchev–Trinajstić information content (AvgIpc) is 2.47. The summed E-state index contributed by atoms with van der Waals surface area (Å²) in [4.78, 5) is 4.10. The lowest BCUT2D eigenvalue weighted by Crippen LogP contribution is -2.13. The number of nitrogens with two attached hydrogens (primary N) is 1. The van der Waals surface area contributed by atoms with E-state index in [9.17, 15) is 0 Å². The van der Waals surface area contributed by atoms with Gasteiger partial charge in [-0.05, 0) is 18.5 Å². The summed E-state index contributed by atoms with van der Waals surface area (Å²) in [5.74, 6) is 1.38. The Morgan fingerprint density at radius 2 is 2.58 bits per heavy atom. The highest BCUT2D eigenvalue weighted by atomic mass is 32.2. The van der Waals surface area contributed by atoms with Crippen LogP contribution >= 0.6 is 23.3 Å². The van der Waals surface area contributed by atoms with E-state index in [1.54, 1.807) is 0 Å². The van der Waals surface area contributed by atoms with E-state index in [0.717, 1.165) is 10.2 Å². The van der Waals surface area contributed by atoms with Crippen molar-refractivity contribution < 1.29 is 5.21 Å². The third-order valence-corrected chi connectivity index (χ3v) is 2.94. The monoisotopic (exact) mass is 204 g/mol. The Morgan fingerprint density at radius 1 is 1.83 bits per heavy atom. The molecule has 0 radical (unpaired) electrons. The second kappa shape index (κ2) is 4.27. The van der Waals surface area contributed by atoms with E-state index in [1.807, 2.05) is 6.92 Å². The van der Waals surface area contributed by atoms with Gasteiger partial charge in [0, 0.05) is 0 Å². The van der Waals surface area contributed by atoms with Crippen LogP contribution in [-0.2, 0) is 0 Å². The van der Waals surface area contributed by atoms with Gasteiger partial charge < -0.3 is 10.9 Å². The second-order valence-corrected chi connectivity index (χ2v) is 3.96. The lowest BCUT2D eigenvalue weighted by atomic mass is 10.7. The van der Waals surface area contributed by atoms with E-state index in [2.05, 4.69) is 14.5 Å². The fraction of sp³-hybridized carbons (Fsp3) is 0.400. The van der Waals surface area contributed by atoms with Crippen LogP contribution in [0.2, 0.25) is 0 Å². The van der Waals surface area contributed by atoms with Gasteiger partial charge >= 0.3 is 0 Å². The first-order valence-corrected chi connectivity index (χ1v) is 4.88. The molecule has 5 nitrogen and oxygen atoms in total. The molecular weight excluding hydrogens is 196 g/mol. The SMILES string of the molecule is Cc1nsc(SCC(N)=NO)n1. The molecule has 0 aliphatic carbocycles. The molecule has 0 amide bonds. The average molecular weight is 204 g/mol. The third-order valence-electron chi connectivity index (χ3n) is 0.981. The van der Waals surface area contributed by atoms with Crippen LogP contribution in [0, 0.1) is 6.92 Å². The van der Waals surface area contributed by atoms with Crippen molar-refractivity contribution in [3.8, 4) is 0 Å². The summed E-state index contributed by atoms with van der Waals surface area (Å²) in [5, 5.41) is 11.1. The van der Waals surface area contributed by atoms with Gasteiger partial charge in [-0.25, -0.2) is 4.98 Å². The Hall–Kier alpha value is -0.820. The molecule has 66 valence electrons. The van der Waals surface area contributed by atoms with Crippen molar-refractivity contribution in [1.29, 1.82) is 0 Å². The predicted molar refractivity (Wildman–Crippen MR) is 48.8 cm³/mol. The lowest BCUT2D eigenvalue weighted by molar-refractivity contribution is 0.318. The van der Waals surface area contributed by atoms with Gasteiger partial charge in [0.2, 0.25) is 0 Å². The molecule has 0 aliphatic rings. The fourth-order valence-corrected chi connectivity index (χ4v) is 1.95. The number of rotatable bonds is 3. The molecule has 1 aromatic rings. The molecule has 3 N–H and O–H groups in total. The van der Waals surface area contributed by atoms with E-state index >= 15 is 0 Å². The van der Waals surface area contributed by atoms with E-state index in [4.69, 9.17) is 10.9 Å². The van der Waals surface area contributed by atoms with Crippen LogP contribution in [0.4, 0.5) is 0 Å². The van der Waals surface area contributed by atoms with Gasteiger partial charge in [0.15, 0.2) is 4.34 Å². The molecule has 0 atom stereocenters. The molecule has 7 heteroatoms. The summed E-state index contributed by atoms with van der Waals surface area (Å²) in [7, 11) is 0. The number of nitrogens with zero attached hydrogens (tertiary/aromatic N) is 3. The minimum Gasteiger partial charge on any atom is -0.409 e. The molecular formula is C5H8N4OS2.